The third-order valence-corrected chi connectivity index (χ3v) is 4.93. The van der Waals surface area contributed by atoms with E-state index < -0.39 is 11.8 Å². The second-order valence-corrected chi connectivity index (χ2v) is 6.86. The number of rotatable bonds is 5. The van der Waals surface area contributed by atoms with Gasteiger partial charge in [0.15, 0.2) is 0 Å². The van der Waals surface area contributed by atoms with Crippen LogP contribution in [-0.2, 0) is 9.59 Å². The molecule has 1 aromatic carbocycles. The molecule has 29 heavy (non-hydrogen) atoms. The van der Waals surface area contributed by atoms with Gasteiger partial charge in [0.05, 0.1) is 7.11 Å². The smallest absolute Gasteiger partial charge is 0.313 e. The lowest BCUT2D eigenvalue weighted by molar-refractivity contribution is -0.136. The Morgan fingerprint density at radius 3 is 2.31 bits per heavy atom. The van der Waals surface area contributed by atoms with Crippen molar-refractivity contribution in [2.24, 2.45) is 5.92 Å². The van der Waals surface area contributed by atoms with Gasteiger partial charge in [0, 0.05) is 43.3 Å². The zero-order chi connectivity index (χ0) is 20.6. The minimum atomic E-state index is -0.708. The van der Waals surface area contributed by atoms with Crippen molar-refractivity contribution in [3.05, 3.63) is 54.4 Å². The molecule has 0 radical (unpaired) electrons. The number of ether oxygens (including phenoxy) is 1. The number of amides is 3. The Morgan fingerprint density at radius 2 is 1.69 bits per heavy atom. The normalized spacial score (nSPS) is 14.2. The molecule has 2 N–H and O–H groups in total. The number of anilines is 1. The van der Waals surface area contributed by atoms with Crippen LogP contribution in [0, 0.1) is 5.92 Å². The molecule has 3 rings (SSSR count). The number of benzene rings is 1. The van der Waals surface area contributed by atoms with Gasteiger partial charge in [0.2, 0.25) is 0 Å². The number of pyridine rings is 1. The number of hydrogen-bond acceptors (Lipinski definition) is 5. The van der Waals surface area contributed by atoms with Crippen LogP contribution < -0.4 is 15.4 Å². The first-order chi connectivity index (χ1) is 14.1. The second kappa shape index (κ2) is 9.68. The lowest BCUT2D eigenvalue weighted by Crippen LogP contribution is -2.43. The van der Waals surface area contributed by atoms with E-state index in [1.54, 1.807) is 55.9 Å². The third kappa shape index (κ3) is 5.54. The summed E-state index contributed by atoms with van der Waals surface area (Å²) >= 11 is 0. The summed E-state index contributed by atoms with van der Waals surface area (Å²) in [7, 11) is 1.56. The molecule has 0 atom stereocenters. The third-order valence-electron chi connectivity index (χ3n) is 4.93. The van der Waals surface area contributed by atoms with Crippen LogP contribution in [0.25, 0.3) is 0 Å². The van der Waals surface area contributed by atoms with Crippen molar-refractivity contribution in [1.82, 2.24) is 15.2 Å². The minimum absolute atomic E-state index is 0.00578. The van der Waals surface area contributed by atoms with Crippen molar-refractivity contribution in [3.8, 4) is 5.75 Å². The zero-order valence-corrected chi connectivity index (χ0v) is 16.3. The minimum Gasteiger partial charge on any atom is -0.497 e. The average molecular weight is 396 g/mol. The van der Waals surface area contributed by atoms with E-state index in [0.29, 0.717) is 36.6 Å². The molecule has 0 bridgehead atoms. The number of hydrogen-bond donors (Lipinski definition) is 2. The topological polar surface area (TPSA) is 101 Å². The summed E-state index contributed by atoms with van der Waals surface area (Å²) in [6, 6.07) is 10.1. The largest absolute Gasteiger partial charge is 0.497 e. The Balaban J connectivity index is 1.40. The van der Waals surface area contributed by atoms with E-state index in [9.17, 15) is 14.4 Å². The van der Waals surface area contributed by atoms with Crippen molar-refractivity contribution in [2.75, 3.05) is 32.1 Å². The molecule has 1 fully saturated rings. The van der Waals surface area contributed by atoms with E-state index in [-0.39, 0.29) is 11.8 Å². The average Bonchev–Trinajstić information content (AvgIpc) is 2.78. The molecule has 0 saturated carbocycles. The van der Waals surface area contributed by atoms with Crippen molar-refractivity contribution >= 4 is 23.4 Å². The van der Waals surface area contributed by atoms with Crippen LogP contribution in [0.5, 0.6) is 5.75 Å². The van der Waals surface area contributed by atoms with Gasteiger partial charge in [-0.15, -0.1) is 0 Å². The number of nitrogens with one attached hydrogen (secondary N) is 2. The van der Waals surface area contributed by atoms with E-state index in [1.807, 2.05) is 4.90 Å². The van der Waals surface area contributed by atoms with Crippen molar-refractivity contribution < 1.29 is 19.1 Å². The molecule has 1 aromatic heterocycles. The fourth-order valence-corrected chi connectivity index (χ4v) is 3.20. The molecule has 0 spiro atoms. The molecule has 2 aromatic rings. The van der Waals surface area contributed by atoms with Crippen LogP contribution in [0.15, 0.2) is 48.8 Å². The Morgan fingerprint density at radius 1 is 1.03 bits per heavy atom. The van der Waals surface area contributed by atoms with E-state index in [2.05, 4.69) is 15.6 Å². The highest BCUT2D eigenvalue weighted by Gasteiger charge is 2.24. The Bertz CT molecular complexity index is 847. The van der Waals surface area contributed by atoms with Gasteiger partial charge in [-0.3, -0.25) is 19.4 Å². The number of methoxy groups -OCH3 is 1. The molecule has 1 saturated heterocycles. The Labute approximate surface area is 169 Å². The van der Waals surface area contributed by atoms with Crippen LogP contribution in [0.2, 0.25) is 0 Å². The number of nitrogens with zero attached hydrogens (tertiary/aromatic N) is 2. The first-order valence-corrected chi connectivity index (χ1v) is 9.49. The molecule has 3 amide bonds. The van der Waals surface area contributed by atoms with Gasteiger partial charge < -0.3 is 20.3 Å². The van der Waals surface area contributed by atoms with E-state index >= 15 is 0 Å². The van der Waals surface area contributed by atoms with Crippen LogP contribution in [0.3, 0.4) is 0 Å². The molecule has 1 aliphatic heterocycles. The summed E-state index contributed by atoms with van der Waals surface area (Å²) in [5.41, 5.74) is 1.15. The maximum absolute atomic E-state index is 12.4. The summed E-state index contributed by atoms with van der Waals surface area (Å²) in [5, 5.41) is 5.24. The van der Waals surface area contributed by atoms with Gasteiger partial charge in [-0.1, -0.05) is 0 Å². The summed E-state index contributed by atoms with van der Waals surface area (Å²) in [4.78, 5) is 42.3. The Hall–Kier alpha value is -3.42. The molecular weight excluding hydrogens is 372 g/mol. The van der Waals surface area contributed by atoms with Gasteiger partial charge >= 0.3 is 11.8 Å². The van der Waals surface area contributed by atoms with Gasteiger partial charge in [-0.05, 0) is 55.2 Å². The number of carbonyl (C=O) groups excluding carboxylic acids is 3. The highest BCUT2D eigenvalue weighted by atomic mass is 16.5. The molecule has 0 unspecified atom stereocenters. The standard InChI is InChI=1S/C21H24N4O4/c1-29-18-4-2-17(3-5-18)24-20(27)19(26)23-14-15-8-12-25(13-9-15)21(28)16-6-10-22-11-7-16/h2-7,10-11,15H,8-9,12-14H2,1H3,(H,23,26)(H,24,27). The van der Waals surface area contributed by atoms with Gasteiger partial charge in [-0.2, -0.15) is 0 Å². The van der Waals surface area contributed by atoms with Gasteiger partial charge in [0.1, 0.15) is 5.75 Å². The zero-order valence-electron chi connectivity index (χ0n) is 16.3. The lowest BCUT2D eigenvalue weighted by atomic mass is 9.96. The molecule has 0 aliphatic carbocycles. The fraction of sp³-hybridized carbons (Fsp3) is 0.333. The molecule has 152 valence electrons. The van der Waals surface area contributed by atoms with Crippen LogP contribution >= 0.6 is 0 Å². The molecule has 8 heteroatoms. The first-order valence-electron chi connectivity index (χ1n) is 9.49. The summed E-state index contributed by atoms with van der Waals surface area (Å²) < 4.78 is 5.06. The van der Waals surface area contributed by atoms with Crippen molar-refractivity contribution in [1.29, 1.82) is 0 Å². The van der Waals surface area contributed by atoms with Crippen LogP contribution in [-0.4, -0.2) is 54.3 Å². The molecule has 8 nitrogen and oxygen atoms in total. The number of piperidine rings is 1. The Kier molecular flexibility index (Phi) is 6.78. The van der Waals surface area contributed by atoms with Gasteiger partial charge in [-0.25, -0.2) is 0 Å². The van der Waals surface area contributed by atoms with Crippen molar-refractivity contribution in [3.63, 3.8) is 0 Å². The van der Waals surface area contributed by atoms with Crippen LogP contribution in [0.4, 0.5) is 5.69 Å². The number of carbonyl (C=O) groups is 3. The second-order valence-electron chi connectivity index (χ2n) is 6.86. The molecular formula is C21H24N4O4. The van der Waals surface area contributed by atoms with E-state index in [1.165, 1.54) is 0 Å². The molecule has 2 heterocycles. The van der Waals surface area contributed by atoms with Gasteiger partial charge in [0.25, 0.3) is 5.91 Å². The maximum atomic E-state index is 12.4. The first kappa shape index (κ1) is 20.3. The lowest BCUT2D eigenvalue weighted by Gasteiger charge is -2.32. The highest BCUT2D eigenvalue weighted by molar-refractivity contribution is 6.39. The van der Waals surface area contributed by atoms with Crippen molar-refractivity contribution in [2.45, 2.75) is 12.8 Å². The predicted molar refractivity (Wildman–Crippen MR) is 107 cm³/mol. The SMILES string of the molecule is COc1ccc(NC(=O)C(=O)NCC2CCN(C(=O)c3ccncc3)CC2)cc1. The van der Waals surface area contributed by atoms with E-state index in [4.69, 9.17) is 4.74 Å². The predicted octanol–water partition coefficient (Wildman–Crippen LogP) is 1.70. The quantitative estimate of drug-likeness (QED) is 0.749. The summed E-state index contributed by atoms with van der Waals surface area (Å²) in [6.07, 6.45) is 4.76. The summed E-state index contributed by atoms with van der Waals surface area (Å²) in [5.74, 6) is -0.485. The van der Waals surface area contributed by atoms with Crippen LogP contribution in [0.1, 0.15) is 23.2 Å². The number of aromatic nitrogens is 1. The molecule has 1 aliphatic rings. The van der Waals surface area contributed by atoms with E-state index in [0.717, 1.165) is 12.8 Å². The highest BCUT2D eigenvalue weighted by Crippen LogP contribution is 2.18. The maximum Gasteiger partial charge on any atom is 0.313 e. The summed E-state index contributed by atoms with van der Waals surface area (Å²) in [6.45, 7) is 1.66. The monoisotopic (exact) mass is 396 g/mol. The number of likely N-dealkylation sites (tertiary alicyclic amines) is 1. The fourth-order valence-electron chi connectivity index (χ4n) is 3.20.